The van der Waals surface area contributed by atoms with Gasteiger partial charge in [-0.3, -0.25) is 4.79 Å². The van der Waals surface area contributed by atoms with Crippen molar-refractivity contribution in [2.45, 2.75) is 25.3 Å². The van der Waals surface area contributed by atoms with E-state index in [4.69, 9.17) is 16.3 Å². The number of hydrogen-bond acceptors (Lipinski definition) is 8. The van der Waals surface area contributed by atoms with Crippen LogP contribution >= 0.6 is 11.6 Å². The number of ether oxygens (including phenoxy) is 1. The van der Waals surface area contributed by atoms with Crippen molar-refractivity contribution in [1.29, 1.82) is 0 Å². The molecule has 1 aliphatic carbocycles. The third-order valence-electron chi connectivity index (χ3n) is 5.95. The summed E-state index contributed by atoms with van der Waals surface area (Å²) in [6, 6.07) is 12.8. The fourth-order valence-electron chi connectivity index (χ4n) is 3.99. The first-order chi connectivity index (χ1) is 18.1. The highest BCUT2D eigenvalue weighted by atomic mass is 35.5. The number of carbonyl (C=O) groups excluding carboxylic acids is 1. The molecule has 11 nitrogen and oxygen atoms in total. The number of anilines is 2. The van der Waals surface area contributed by atoms with Crippen LogP contribution < -0.4 is 15.4 Å². The predicted molar refractivity (Wildman–Crippen MR) is 137 cm³/mol. The number of carbonyl (C=O) groups is 1. The van der Waals surface area contributed by atoms with E-state index >= 15 is 0 Å². The molecule has 5 aromatic rings. The van der Waals surface area contributed by atoms with Crippen molar-refractivity contribution in [3.8, 4) is 11.4 Å². The molecule has 1 aromatic carbocycles. The van der Waals surface area contributed by atoms with Crippen LogP contribution in [0.5, 0.6) is 5.75 Å². The minimum absolute atomic E-state index is 0.251. The molecule has 37 heavy (non-hydrogen) atoms. The van der Waals surface area contributed by atoms with E-state index in [1.54, 1.807) is 30.5 Å². The van der Waals surface area contributed by atoms with E-state index in [0.29, 0.717) is 34.7 Å². The molecule has 0 atom stereocenters. The first-order valence-electron chi connectivity index (χ1n) is 11.7. The van der Waals surface area contributed by atoms with Gasteiger partial charge in [0.1, 0.15) is 29.2 Å². The molecular weight excluding hydrogens is 494 g/mol. The standard InChI is InChI=1S/C25H22ClN9O2/c26-18-4-5-21(35-15-29-32-33-35)22(9-18)37-14-25(36)31-23-10-19(7-8-27-23)28-11-20-13-34-12-17(16-1-2-16)3-6-24(34)30-20/h3-10,12-13,15-16H,1-2,11,14H2,(H2,27,28,31,36). The second-order valence-electron chi connectivity index (χ2n) is 8.72. The lowest BCUT2D eigenvalue weighted by Crippen LogP contribution is -2.21. The SMILES string of the molecule is O=C(COc1cc(Cl)ccc1-n1cnnn1)Nc1cc(NCc2cn3cc(C4CC4)ccc3n2)ccn1. The number of aromatic nitrogens is 7. The molecule has 0 saturated heterocycles. The Morgan fingerprint density at radius 2 is 2.05 bits per heavy atom. The topological polar surface area (TPSA) is 124 Å². The molecule has 4 aromatic heterocycles. The Morgan fingerprint density at radius 1 is 1.14 bits per heavy atom. The van der Waals surface area contributed by atoms with Crippen molar-refractivity contribution in [2.75, 3.05) is 17.2 Å². The molecule has 0 bridgehead atoms. The van der Waals surface area contributed by atoms with Crippen molar-refractivity contribution >= 4 is 34.7 Å². The van der Waals surface area contributed by atoms with Gasteiger partial charge in [0, 0.05) is 41.4 Å². The average molecular weight is 516 g/mol. The number of pyridine rings is 2. The van der Waals surface area contributed by atoms with Gasteiger partial charge < -0.3 is 19.8 Å². The number of tetrazole rings is 1. The number of nitrogens with one attached hydrogen (secondary N) is 2. The van der Waals surface area contributed by atoms with E-state index in [9.17, 15) is 4.79 Å². The summed E-state index contributed by atoms with van der Waals surface area (Å²) in [4.78, 5) is 21.5. The summed E-state index contributed by atoms with van der Waals surface area (Å²) >= 11 is 6.10. The molecular formula is C25H22ClN9O2. The van der Waals surface area contributed by atoms with Crippen molar-refractivity contribution in [2.24, 2.45) is 0 Å². The van der Waals surface area contributed by atoms with Gasteiger partial charge in [0.2, 0.25) is 0 Å². The minimum atomic E-state index is -0.376. The summed E-state index contributed by atoms with van der Waals surface area (Å²) in [6.07, 6.45) is 9.79. The quantitative estimate of drug-likeness (QED) is 0.303. The van der Waals surface area contributed by atoms with E-state index in [-0.39, 0.29) is 12.5 Å². The number of rotatable bonds is 9. The Bertz CT molecular complexity index is 1560. The average Bonchev–Trinajstić information content (AvgIpc) is 3.44. The normalized spacial score (nSPS) is 13.0. The fourth-order valence-corrected chi connectivity index (χ4v) is 4.16. The van der Waals surface area contributed by atoms with Crippen LogP contribution in [0.4, 0.5) is 11.5 Å². The van der Waals surface area contributed by atoms with E-state index in [0.717, 1.165) is 17.0 Å². The Hall–Kier alpha value is -4.51. The van der Waals surface area contributed by atoms with Gasteiger partial charge >= 0.3 is 0 Å². The molecule has 6 rings (SSSR count). The number of benzene rings is 1. The molecule has 2 N–H and O–H groups in total. The number of imidazole rings is 1. The van der Waals surface area contributed by atoms with E-state index in [2.05, 4.69) is 58.9 Å². The van der Waals surface area contributed by atoms with Crippen LogP contribution in [0, 0.1) is 0 Å². The third-order valence-corrected chi connectivity index (χ3v) is 6.19. The lowest BCUT2D eigenvalue weighted by atomic mass is 10.2. The second kappa shape index (κ2) is 9.86. The van der Waals surface area contributed by atoms with E-state index in [1.165, 1.54) is 29.4 Å². The van der Waals surface area contributed by atoms with Gasteiger partial charge in [-0.25, -0.2) is 9.97 Å². The Labute approximate surface area is 216 Å². The molecule has 1 amide bonds. The number of hydrogen-bond donors (Lipinski definition) is 2. The van der Waals surface area contributed by atoms with Crippen LogP contribution in [0.1, 0.15) is 30.0 Å². The molecule has 12 heteroatoms. The molecule has 0 spiro atoms. The highest BCUT2D eigenvalue weighted by Crippen LogP contribution is 2.39. The zero-order chi connectivity index (χ0) is 25.2. The highest BCUT2D eigenvalue weighted by Gasteiger charge is 2.23. The molecule has 1 fully saturated rings. The van der Waals surface area contributed by atoms with Gasteiger partial charge in [-0.05, 0) is 59.0 Å². The van der Waals surface area contributed by atoms with Crippen molar-refractivity contribution in [3.63, 3.8) is 0 Å². The zero-order valence-corrected chi connectivity index (χ0v) is 20.3. The van der Waals surface area contributed by atoms with Gasteiger partial charge in [0.05, 0.1) is 12.2 Å². The highest BCUT2D eigenvalue weighted by molar-refractivity contribution is 6.30. The number of halogens is 1. The van der Waals surface area contributed by atoms with Gasteiger partial charge in [-0.2, -0.15) is 4.68 Å². The summed E-state index contributed by atoms with van der Waals surface area (Å²) < 4.78 is 9.20. The molecule has 0 aliphatic heterocycles. The van der Waals surface area contributed by atoms with Crippen LogP contribution in [0.3, 0.4) is 0 Å². The van der Waals surface area contributed by atoms with Crippen LogP contribution in [-0.2, 0) is 11.3 Å². The molecule has 1 aliphatic rings. The maximum absolute atomic E-state index is 12.5. The number of amides is 1. The summed E-state index contributed by atoms with van der Waals surface area (Å²) in [5, 5.41) is 17.6. The Balaban J connectivity index is 1.06. The molecule has 0 radical (unpaired) electrons. The maximum atomic E-state index is 12.5. The minimum Gasteiger partial charge on any atom is -0.481 e. The Kier molecular flexibility index (Phi) is 6.11. The maximum Gasteiger partial charge on any atom is 0.263 e. The molecule has 186 valence electrons. The summed E-state index contributed by atoms with van der Waals surface area (Å²) in [5.74, 6) is 1.09. The lowest BCUT2D eigenvalue weighted by molar-refractivity contribution is -0.118. The van der Waals surface area contributed by atoms with Crippen LogP contribution in [-0.4, -0.2) is 47.1 Å². The number of fused-ring (bicyclic) bond motifs is 1. The summed E-state index contributed by atoms with van der Waals surface area (Å²) in [7, 11) is 0. The third kappa shape index (κ3) is 5.36. The van der Waals surface area contributed by atoms with Crippen molar-refractivity contribution in [1.82, 2.24) is 34.6 Å². The van der Waals surface area contributed by atoms with Gasteiger partial charge in [-0.15, -0.1) is 5.10 Å². The predicted octanol–water partition coefficient (Wildman–Crippen LogP) is 3.87. The summed E-state index contributed by atoms with van der Waals surface area (Å²) in [5.41, 5.74) is 4.57. The van der Waals surface area contributed by atoms with E-state index in [1.807, 2.05) is 12.3 Å². The lowest BCUT2D eigenvalue weighted by Gasteiger charge is -2.12. The van der Waals surface area contributed by atoms with E-state index < -0.39 is 0 Å². The zero-order valence-electron chi connectivity index (χ0n) is 19.6. The van der Waals surface area contributed by atoms with Gasteiger partial charge in [0.25, 0.3) is 5.91 Å². The Morgan fingerprint density at radius 3 is 2.89 bits per heavy atom. The first kappa shape index (κ1) is 22.9. The molecule has 4 heterocycles. The van der Waals surface area contributed by atoms with Gasteiger partial charge in [0.15, 0.2) is 6.61 Å². The first-order valence-corrected chi connectivity index (χ1v) is 12.1. The van der Waals surface area contributed by atoms with Crippen LogP contribution in [0.2, 0.25) is 5.02 Å². The largest absolute Gasteiger partial charge is 0.481 e. The van der Waals surface area contributed by atoms with Crippen molar-refractivity contribution in [3.05, 3.63) is 83.7 Å². The molecule has 0 unspecified atom stereocenters. The number of nitrogens with zero attached hydrogens (tertiary/aromatic N) is 7. The van der Waals surface area contributed by atoms with Crippen LogP contribution in [0.15, 0.2) is 67.4 Å². The van der Waals surface area contributed by atoms with Crippen molar-refractivity contribution < 1.29 is 9.53 Å². The summed E-state index contributed by atoms with van der Waals surface area (Å²) in [6.45, 7) is 0.286. The fraction of sp³-hybridized carbons (Fsp3) is 0.200. The van der Waals surface area contributed by atoms with Crippen LogP contribution in [0.25, 0.3) is 11.3 Å². The smallest absolute Gasteiger partial charge is 0.263 e. The van der Waals surface area contributed by atoms with Gasteiger partial charge in [-0.1, -0.05) is 17.7 Å². The monoisotopic (exact) mass is 515 g/mol. The molecule has 1 saturated carbocycles. The second-order valence-corrected chi connectivity index (χ2v) is 9.16.